The standard InChI is InChI=1S/C20H16ClN3O3S/c1-13-2-8-16(9-3-13)25-11-19-22-23-20(26-19)28-12-17-10-18(24-27-17)14-4-6-15(21)7-5-14/h2-10H,11-12H2,1H3. The molecule has 2 aromatic carbocycles. The Morgan fingerprint density at radius 3 is 2.61 bits per heavy atom. The minimum atomic E-state index is 0.222. The summed E-state index contributed by atoms with van der Waals surface area (Å²) in [6, 6.07) is 17.1. The van der Waals surface area contributed by atoms with Crippen molar-refractivity contribution in [3.63, 3.8) is 0 Å². The molecule has 0 atom stereocenters. The molecule has 0 bridgehead atoms. The van der Waals surface area contributed by atoms with E-state index in [9.17, 15) is 0 Å². The Morgan fingerprint density at radius 2 is 1.82 bits per heavy atom. The Kier molecular flexibility index (Phi) is 5.64. The zero-order valence-corrected chi connectivity index (χ0v) is 16.5. The molecule has 0 radical (unpaired) electrons. The van der Waals surface area contributed by atoms with E-state index in [0.29, 0.717) is 27.6 Å². The first-order valence-corrected chi connectivity index (χ1v) is 9.88. The van der Waals surface area contributed by atoms with Gasteiger partial charge < -0.3 is 13.7 Å². The summed E-state index contributed by atoms with van der Waals surface area (Å²) >= 11 is 7.29. The van der Waals surface area contributed by atoms with Gasteiger partial charge in [-0.05, 0) is 31.2 Å². The van der Waals surface area contributed by atoms with E-state index in [-0.39, 0.29) is 6.61 Å². The molecule has 2 heterocycles. The Bertz CT molecular complexity index is 1050. The molecule has 0 saturated heterocycles. The minimum absolute atomic E-state index is 0.222. The van der Waals surface area contributed by atoms with Crippen LogP contribution >= 0.6 is 23.4 Å². The molecule has 0 N–H and O–H groups in total. The average molecular weight is 414 g/mol. The van der Waals surface area contributed by atoms with Crippen LogP contribution < -0.4 is 4.74 Å². The number of hydrogen-bond acceptors (Lipinski definition) is 7. The van der Waals surface area contributed by atoms with Crippen LogP contribution in [0.1, 0.15) is 17.2 Å². The lowest BCUT2D eigenvalue weighted by Crippen LogP contribution is -1.95. The van der Waals surface area contributed by atoms with E-state index in [1.165, 1.54) is 17.3 Å². The fraction of sp³-hybridized carbons (Fsp3) is 0.150. The molecule has 0 amide bonds. The molecule has 0 spiro atoms. The maximum absolute atomic E-state index is 5.91. The van der Waals surface area contributed by atoms with Gasteiger partial charge in [0, 0.05) is 16.7 Å². The number of halogens is 1. The molecule has 4 rings (SSSR count). The van der Waals surface area contributed by atoms with Crippen LogP contribution in [0.2, 0.25) is 5.02 Å². The minimum Gasteiger partial charge on any atom is -0.484 e. The number of ether oxygens (including phenoxy) is 1. The second kappa shape index (κ2) is 8.50. The molecule has 0 saturated carbocycles. The summed E-state index contributed by atoms with van der Waals surface area (Å²) in [7, 11) is 0. The molecule has 0 unspecified atom stereocenters. The Labute approximate surface area is 170 Å². The first-order valence-electron chi connectivity index (χ1n) is 8.52. The number of rotatable bonds is 7. The smallest absolute Gasteiger partial charge is 0.277 e. The third kappa shape index (κ3) is 4.74. The zero-order chi connectivity index (χ0) is 19.3. The lowest BCUT2D eigenvalue weighted by molar-refractivity contribution is 0.252. The predicted molar refractivity (Wildman–Crippen MR) is 106 cm³/mol. The number of hydrogen-bond donors (Lipinski definition) is 0. The van der Waals surface area contributed by atoms with Gasteiger partial charge in [0.05, 0.1) is 5.75 Å². The maximum atomic E-state index is 5.91. The van der Waals surface area contributed by atoms with Gasteiger partial charge in [-0.1, -0.05) is 58.3 Å². The van der Waals surface area contributed by atoms with Crippen molar-refractivity contribution in [1.29, 1.82) is 0 Å². The van der Waals surface area contributed by atoms with Crippen molar-refractivity contribution in [1.82, 2.24) is 15.4 Å². The number of benzene rings is 2. The van der Waals surface area contributed by atoms with Gasteiger partial charge in [0.15, 0.2) is 6.61 Å². The normalized spacial score (nSPS) is 10.9. The number of aromatic nitrogens is 3. The summed E-state index contributed by atoms with van der Waals surface area (Å²) in [5, 5.41) is 13.2. The molecule has 0 aliphatic rings. The Balaban J connectivity index is 1.31. The number of thioether (sulfide) groups is 1. The third-order valence-electron chi connectivity index (χ3n) is 3.87. The molecule has 28 heavy (non-hydrogen) atoms. The quantitative estimate of drug-likeness (QED) is 0.367. The summed E-state index contributed by atoms with van der Waals surface area (Å²) in [6.45, 7) is 2.25. The van der Waals surface area contributed by atoms with Crippen LogP contribution in [0, 0.1) is 6.92 Å². The van der Waals surface area contributed by atoms with Crippen molar-refractivity contribution in [2.24, 2.45) is 0 Å². The molecule has 0 aliphatic heterocycles. The van der Waals surface area contributed by atoms with E-state index in [2.05, 4.69) is 15.4 Å². The lowest BCUT2D eigenvalue weighted by Gasteiger charge is -2.02. The molecule has 142 valence electrons. The van der Waals surface area contributed by atoms with E-state index in [1.54, 1.807) is 0 Å². The highest BCUT2D eigenvalue weighted by Crippen LogP contribution is 2.26. The number of nitrogens with zero attached hydrogens (tertiary/aromatic N) is 3. The molecule has 4 aromatic rings. The second-order valence-electron chi connectivity index (χ2n) is 6.04. The SMILES string of the molecule is Cc1ccc(OCc2nnc(SCc3cc(-c4ccc(Cl)cc4)no3)o2)cc1. The zero-order valence-electron chi connectivity index (χ0n) is 15.0. The van der Waals surface area contributed by atoms with Crippen LogP contribution in [0.5, 0.6) is 5.75 Å². The Morgan fingerprint density at radius 1 is 1.04 bits per heavy atom. The van der Waals surface area contributed by atoms with Crippen molar-refractivity contribution in [3.05, 3.63) is 76.8 Å². The summed E-state index contributed by atoms with van der Waals surface area (Å²) in [5.74, 6) is 2.42. The average Bonchev–Trinajstić information content (AvgIpc) is 3.36. The van der Waals surface area contributed by atoms with Crippen molar-refractivity contribution in [2.75, 3.05) is 0 Å². The molecule has 0 fully saturated rings. The van der Waals surface area contributed by atoms with Gasteiger partial charge in [0.2, 0.25) is 0 Å². The fourth-order valence-corrected chi connectivity index (χ4v) is 3.19. The van der Waals surface area contributed by atoms with E-state index in [0.717, 1.165) is 17.0 Å². The molecule has 0 aliphatic carbocycles. The van der Waals surface area contributed by atoms with Gasteiger partial charge in [0.1, 0.15) is 17.2 Å². The van der Waals surface area contributed by atoms with Crippen molar-refractivity contribution in [3.8, 4) is 17.0 Å². The van der Waals surface area contributed by atoms with Gasteiger partial charge in [-0.3, -0.25) is 0 Å². The fourth-order valence-electron chi connectivity index (χ4n) is 2.40. The highest BCUT2D eigenvalue weighted by molar-refractivity contribution is 7.98. The van der Waals surface area contributed by atoms with Gasteiger partial charge >= 0.3 is 0 Å². The lowest BCUT2D eigenvalue weighted by atomic mass is 10.1. The number of aryl methyl sites for hydroxylation is 1. The van der Waals surface area contributed by atoms with E-state index < -0.39 is 0 Å². The maximum Gasteiger partial charge on any atom is 0.277 e. The summed E-state index contributed by atoms with van der Waals surface area (Å²) < 4.78 is 16.6. The molecular weight excluding hydrogens is 398 g/mol. The van der Waals surface area contributed by atoms with Crippen molar-refractivity contribution >= 4 is 23.4 Å². The van der Waals surface area contributed by atoms with Crippen LogP contribution in [-0.4, -0.2) is 15.4 Å². The van der Waals surface area contributed by atoms with E-state index in [4.69, 9.17) is 25.3 Å². The van der Waals surface area contributed by atoms with Gasteiger partial charge in [0.25, 0.3) is 11.1 Å². The van der Waals surface area contributed by atoms with Crippen LogP contribution in [0.4, 0.5) is 0 Å². The predicted octanol–water partition coefficient (Wildman–Crippen LogP) is 5.56. The molecule has 6 nitrogen and oxygen atoms in total. The van der Waals surface area contributed by atoms with Crippen LogP contribution in [0.25, 0.3) is 11.3 Å². The largest absolute Gasteiger partial charge is 0.484 e. The van der Waals surface area contributed by atoms with E-state index >= 15 is 0 Å². The van der Waals surface area contributed by atoms with Crippen LogP contribution in [0.3, 0.4) is 0 Å². The molecule has 2 aromatic heterocycles. The van der Waals surface area contributed by atoms with Crippen molar-refractivity contribution in [2.45, 2.75) is 24.5 Å². The molecular formula is C20H16ClN3O3S. The summed E-state index contributed by atoms with van der Waals surface area (Å²) in [4.78, 5) is 0. The van der Waals surface area contributed by atoms with Gasteiger partial charge in [-0.2, -0.15) is 0 Å². The third-order valence-corrected chi connectivity index (χ3v) is 4.96. The van der Waals surface area contributed by atoms with Gasteiger partial charge in [-0.25, -0.2) is 0 Å². The van der Waals surface area contributed by atoms with Crippen molar-refractivity contribution < 1.29 is 13.7 Å². The van der Waals surface area contributed by atoms with Crippen LogP contribution in [-0.2, 0) is 12.4 Å². The molecule has 8 heteroatoms. The first-order chi connectivity index (χ1) is 13.7. The van der Waals surface area contributed by atoms with Gasteiger partial charge in [-0.15, -0.1) is 10.2 Å². The highest BCUT2D eigenvalue weighted by Gasteiger charge is 2.11. The van der Waals surface area contributed by atoms with Crippen LogP contribution in [0.15, 0.2) is 68.8 Å². The monoisotopic (exact) mass is 413 g/mol. The highest BCUT2D eigenvalue weighted by atomic mass is 35.5. The topological polar surface area (TPSA) is 74.2 Å². The summed E-state index contributed by atoms with van der Waals surface area (Å²) in [5.41, 5.74) is 2.87. The second-order valence-corrected chi connectivity index (χ2v) is 7.40. The first kappa shape index (κ1) is 18.6. The van der Waals surface area contributed by atoms with E-state index in [1.807, 2.05) is 61.5 Å². The Hall–Kier alpha value is -2.77. The summed E-state index contributed by atoms with van der Waals surface area (Å²) in [6.07, 6.45) is 0.